The largest absolute Gasteiger partial charge is 0.466 e. The minimum Gasteiger partial charge on any atom is -0.466 e. The zero-order valence-electron chi connectivity index (χ0n) is 13.4. The molecule has 1 aliphatic rings. The fraction of sp³-hybridized carbons (Fsp3) is 0.611. The minimum atomic E-state index is -0.829. The van der Waals surface area contributed by atoms with E-state index in [1.165, 1.54) is 0 Å². The van der Waals surface area contributed by atoms with Gasteiger partial charge in [-0.15, -0.1) is 0 Å². The molecule has 0 spiro atoms. The van der Waals surface area contributed by atoms with Gasteiger partial charge in [-0.05, 0) is 56.7 Å². The lowest BCUT2D eigenvalue weighted by atomic mass is 9.65. The van der Waals surface area contributed by atoms with Gasteiger partial charge in [-0.3, -0.25) is 4.79 Å². The second kappa shape index (κ2) is 7.14. The van der Waals surface area contributed by atoms with Crippen molar-refractivity contribution in [2.75, 3.05) is 6.61 Å². The highest BCUT2D eigenvalue weighted by Crippen LogP contribution is 2.48. The molecule has 22 heavy (non-hydrogen) atoms. The van der Waals surface area contributed by atoms with Crippen LogP contribution in [0.15, 0.2) is 28.7 Å². The lowest BCUT2D eigenvalue weighted by Gasteiger charge is -2.42. The second-order valence-corrected chi connectivity index (χ2v) is 7.20. The van der Waals surface area contributed by atoms with Crippen LogP contribution in [0.25, 0.3) is 0 Å². The van der Waals surface area contributed by atoms with E-state index >= 15 is 0 Å². The molecule has 3 nitrogen and oxygen atoms in total. The summed E-state index contributed by atoms with van der Waals surface area (Å²) in [6.07, 6.45) is 4.37. The van der Waals surface area contributed by atoms with Crippen LogP contribution in [-0.2, 0) is 15.1 Å². The third-order valence-corrected chi connectivity index (χ3v) is 5.38. The summed E-state index contributed by atoms with van der Waals surface area (Å²) in [6.45, 7) is 4.36. The van der Waals surface area contributed by atoms with Gasteiger partial charge in [-0.2, -0.15) is 0 Å². The minimum absolute atomic E-state index is 0.0882. The monoisotopic (exact) mass is 368 g/mol. The van der Waals surface area contributed by atoms with Crippen molar-refractivity contribution in [3.63, 3.8) is 0 Å². The topological polar surface area (TPSA) is 46.5 Å². The number of ether oxygens (including phenoxy) is 1. The van der Waals surface area contributed by atoms with Crippen LogP contribution < -0.4 is 0 Å². The summed E-state index contributed by atoms with van der Waals surface area (Å²) in [5.41, 5.74) is -0.304. The third kappa shape index (κ3) is 3.54. The van der Waals surface area contributed by atoms with Crippen molar-refractivity contribution in [1.82, 2.24) is 0 Å². The first-order chi connectivity index (χ1) is 10.5. The van der Waals surface area contributed by atoms with Gasteiger partial charge in [0.05, 0.1) is 17.6 Å². The molecule has 1 N–H and O–H groups in total. The summed E-state index contributed by atoms with van der Waals surface area (Å²) in [4.78, 5) is 12.4. The van der Waals surface area contributed by atoms with Gasteiger partial charge >= 0.3 is 5.97 Å². The Hall–Kier alpha value is -0.870. The number of benzene rings is 1. The average molecular weight is 369 g/mol. The molecular formula is C18H25BrO3. The average Bonchev–Trinajstić information content (AvgIpc) is 2.51. The fourth-order valence-corrected chi connectivity index (χ4v) is 3.77. The summed E-state index contributed by atoms with van der Waals surface area (Å²) >= 11 is 3.42. The molecule has 0 aliphatic heterocycles. The van der Waals surface area contributed by atoms with Crippen LogP contribution in [0.3, 0.4) is 0 Å². The maximum absolute atomic E-state index is 12.4. The van der Waals surface area contributed by atoms with Gasteiger partial charge in [-0.1, -0.05) is 41.4 Å². The van der Waals surface area contributed by atoms with Crippen molar-refractivity contribution in [1.29, 1.82) is 0 Å². The number of carbonyl (C=O) groups excluding carboxylic acids is 1. The summed E-state index contributed by atoms with van der Waals surface area (Å²) in [5.74, 6) is -0.0882. The van der Waals surface area contributed by atoms with Crippen LogP contribution in [0.4, 0.5) is 0 Å². The molecule has 0 unspecified atom stereocenters. The number of rotatable bonds is 5. The van der Waals surface area contributed by atoms with E-state index in [1.54, 1.807) is 0 Å². The molecule has 4 heteroatoms. The smallest absolute Gasteiger partial charge is 0.312 e. The number of aliphatic hydroxyl groups is 1. The Labute approximate surface area is 141 Å². The van der Waals surface area contributed by atoms with Crippen LogP contribution in [-0.4, -0.2) is 17.7 Å². The number of halogens is 1. The molecule has 1 saturated carbocycles. The van der Waals surface area contributed by atoms with Crippen molar-refractivity contribution in [2.45, 2.75) is 58.0 Å². The Morgan fingerprint density at radius 2 is 1.77 bits per heavy atom. The Morgan fingerprint density at radius 1 is 1.18 bits per heavy atom. The van der Waals surface area contributed by atoms with Gasteiger partial charge in [0.25, 0.3) is 0 Å². The van der Waals surface area contributed by atoms with Gasteiger partial charge < -0.3 is 9.84 Å². The molecular weight excluding hydrogens is 344 g/mol. The second-order valence-electron chi connectivity index (χ2n) is 6.29. The lowest BCUT2D eigenvalue weighted by Crippen LogP contribution is -2.42. The van der Waals surface area contributed by atoms with Crippen LogP contribution >= 0.6 is 15.9 Å². The molecule has 0 aromatic heterocycles. The van der Waals surface area contributed by atoms with E-state index in [2.05, 4.69) is 22.9 Å². The van der Waals surface area contributed by atoms with E-state index in [9.17, 15) is 9.90 Å². The molecule has 122 valence electrons. The first-order valence-electron chi connectivity index (χ1n) is 8.11. The highest BCUT2D eigenvalue weighted by molar-refractivity contribution is 9.10. The standard InChI is InChI=1S/C18H25BrO3/c1-3-9-17(16(20)22-4-2)10-12-18(21,13-11-17)14-5-7-15(19)8-6-14/h5-8,21H,3-4,9-13H2,1-2H3. The molecule has 1 aromatic carbocycles. The van der Waals surface area contributed by atoms with Crippen molar-refractivity contribution in [2.24, 2.45) is 5.41 Å². The highest BCUT2D eigenvalue weighted by atomic mass is 79.9. The molecule has 0 saturated heterocycles. The third-order valence-electron chi connectivity index (χ3n) is 4.85. The van der Waals surface area contributed by atoms with E-state index in [1.807, 2.05) is 31.2 Å². The molecule has 2 rings (SSSR count). The van der Waals surface area contributed by atoms with E-state index in [0.29, 0.717) is 32.3 Å². The molecule has 0 heterocycles. The summed E-state index contributed by atoms with van der Waals surface area (Å²) in [5, 5.41) is 11.0. The molecule has 0 radical (unpaired) electrons. The number of carbonyl (C=O) groups is 1. The number of hydrogen-bond donors (Lipinski definition) is 1. The van der Waals surface area contributed by atoms with Gasteiger partial charge in [0.1, 0.15) is 0 Å². The zero-order valence-corrected chi connectivity index (χ0v) is 15.0. The van der Waals surface area contributed by atoms with Gasteiger partial charge in [-0.25, -0.2) is 0 Å². The van der Waals surface area contributed by atoms with Crippen molar-refractivity contribution in [3.8, 4) is 0 Å². The normalized spacial score (nSPS) is 28.4. The SMILES string of the molecule is CCCC1(C(=O)OCC)CCC(O)(c2ccc(Br)cc2)CC1. The van der Waals surface area contributed by atoms with E-state index in [-0.39, 0.29) is 5.97 Å². The van der Waals surface area contributed by atoms with Crippen LogP contribution in [0.1, 0.15) is 57.9 Å². The quantitative estimate of drug-likeness (QED) is 0.774. The maximum Gasteiger partial charge on any atom is 0.312 e. The van der Waals surface area contributed by atoms with Crippen molar-refractivity contribution in [3.05, 3.63) is 34.3 Å². The highest BCUT2D eigenvalue weighted by Gasteiger charge is 2.47. The summed E-state index contributed by atoms with van der Waals surface area (Å²) in [7, 11) is 0. The molecule has 1 fully saturated rings. The van der Waals surface area contributed by atoms with Gasteiger partial charge in [0.2, 0.25) is 0 Å². The zero-order chi connectivity index (χ0) is 16.2. The van der Waals surface area contributed by atoms with Gasteiger partial charge in [0.15, 0.2) is 0 Å². The van der Waals surface area contributed by atoms with Crippen LogP contribution in [0, 0.1) is 5.41 Å². The predicted molar refractivity (Wildman–Crippen MR) is 90.5 cm³/mol. The van der Waals surface area contributed by atoms with Crippen molar-refractivity contribution >= 4 is 21.9 Å². The summed E-state index contributed by atoms with van der Waals surface area (Å²) < 4.78 is 6.30. The number of hydrogen-bond acceptors (Lipinski definition) is 3. The Balaban J connectivity index is 2.15. The van der Waals surface area contributed by atoms with E-state index in [4.69, 9.17) is 4.74 Å². The summed E-state index contributed by atoms with van der Waals surface area (Å²) in [6, 6.07) is 7.82. The Kier molecular flexibility index (Phi) is 5.67. The van der Waals surface area contributed by atoms with Crippen LogP contribution in [0.2, 0.25) is 0 Å². The molecule has 1 aromatic rings. The predicted octanol–water partition coefficient (Wildman–Crippen LogP) is 4.56. The molecule has 0 atom stereocenters. The first-order valence-corrected chi connectivity index (χ1v) is 8.91. The van der Waals surface area contributed by atoms with E-state index < -0.39 is 11.0 Å². The Bertz CT molecular complexity index is 502. The molecule has 0 amide bonds. The first kappa shape index (κ1) is 17.5. The van der Waals surface area contributed by atoms with E-state index in [0.717, 1.165) is 22.9 Å². The molecule has 0 bridgehead atoms. The fourth-order valence-electron chi connectivity index (χ4n) is 3.51. The van der Waals surface area contributed by atoms with Gasteiger partial charge in [0, 0.05) is 4.47 Å². The lowest BCUT2D eigenvalue weighted by molar-refractivity contribution is -0.162. The number of esters is 1. The Morgan fingerprint density at radius 3 is 2.27 bits per heavy atom. The van der Waals surface area contributed by atoms with Crippen LogP contribution in [0.5, 0.6) is 0 Å². The molecule has 1 aliphatic carbocycles. The van der Waals surface area contributed by atoms with Crippen molar-refractivity contribution < 1.29 is 14.6 Å². The maximum atomic E-state index is 12.4.